The Kier molecular flexibility index (Phi) is 4.56. The molecule has 2 atom stereocenters. The number of likely N-dealkylation sites (tertiary alicyclic amines) is 1. The molecule has 0 bridgehead atoms. The summed E-state index contributed by atoms with van der Waals surface area (Å²) in [6.07, 6.45) is 5.75. The second-order valence-electron chi connectivity index (χ2n) is 6.55. The number of halogens is 1. The summed E-state index contributed by atoms with van der Waals surface area (Å²) >= 11 is 6.79. The van der Waals surface area contributed by atoms with Crippen molar-refractivity contribution in [1.82, 2.24) is 9.88 Å². The average molecular weight is 411 g/mol. The van der Waals surface area contributed by atoms with Gasteiger partial charge in [0.1, 0.15) is 5.01 Å². The molecule has 2 aromatic rings. The van der Waals surface area contributed by atoms with Gasteiger partial charge in [-0.2, -0.15) is 0 Å². The van der Waals surface area contributed by atoms with Gasteiger partial charge in [0.2, 0.25) is 5.91 Å². The summed E-state index contributed by atoms with van der Waals surface area (Å²) in [5.41, 5.74) is 0.911. The van der Waals surface area contributed by atoms with Crippen LogP contribution in [0.3, 0.4) is 0 Å². The van der Waals surface area contributed by atoms with Crippen molar-refractivity contribution in [3.8, 4) is 9.88 Å². The summed E-state index contributed by atoms with van der Waals surface area (Å²) in [4.78, 5) is 20.5. The fourth-order valence-corrected chi connectivity index (χ4v) is 6.13. The minimum Gasteiger partial charge on any atom is -0.342 e. The smallest absolute Gasteiger partial charge is 0.228 e. The van der Waals surface area contributed by atoms with E-state index in [2.05, 4.69) is 37.3 Å². The van der Waals surface area contributed by atoms with Crippen LogP contribution in [-0.4, -0.2) is 28.9 Å². The van der Waals surface area contributed by atoms with Gasteiger partial charge in [0.05, 0.1) is 17.0 Å². The maximum absolute atomic E-state index is 12.6. The zero-order chi connectivity index (χ0) is 15.8. The van der Waals surface area contributed by atoms with Gasteiger partial charge in [-0.05, 0) is 46.7 Å². The van der Waals surface area contributed by atoms with E-state index >= 15 is 0 Å². The minimum absolute atomic E-state index is 0.253. The van der Waals surface area contributed by atoms with Crippen LogP contribution in [0.15, 0.2) is 21.3 Å². The second kappa shape index (κ2) is 6.65. The normalized spacial score (nSPS) is 24.0. The quantitative estimate of drug-likeness (QED) is 0.725. The molecule has 2 fully saturated rings. The molecule has 23 heavy (non-hydrogen) atoms. The Morgan fingerprint density at radius 3 is 2.61 bits per heavy atom. The van der Waals surface area contributed by atoms with Crippen LogP contribution in [0.5, 0.6) is 0 Å². The van der Waals surface area contributed by atoms with Crippen molar-refractivity contribution in [1.29, 1.82) is 0 Å². The molecular formula is C17H19BrN2OS2. The molecule has 1 aliphatic carbocycles. The standard InChI is InChI=1S/C17H19BrN2OS2/c18-13-5-15(22-9-13)17-19-14(10-23-17)6-16(21)20-7-11-3-1-2-4-12(11)8-20/h5,9-12H,1-4,6-8H2/t11-,12+. The van der Waals surface area contributed by atoms with E-state index < -0.39 is 0 Å². The molecule has 0 unspecified atom stereocenters. The number of thiazole rings is 1. The first kappa shape index (κ1) is 15.8. The van der Waals surface area contributed by atoms with E-state index in [4.69, 9.17) is 0 Å². The molecule has 122 valence electrons. The molecule has 1 saturated carbocycles. The molecular weight excluding hydrogens is 392 g/mol. The summed E-state index contributed by atoms with van der Waals surface area (Å²) in [7, 11) is 0. The van der Waals surface area contributed by atoms with E-state index in [1.807, 2.05) is 5.38 Å². The van der Waals surface area contributed by atoms with Gasteiger partial charge in [0.25, 0.3) is 0 Å². The van der Waals surface area contributed by atoms with Crippen molar-refractivity contribution in [3.05, 3.63) is 27.0 Å². The molecule has 6 heteroatoms. The van der Waals surface area contributed by atoms with Crippen LogP contribution in [-0.2, 0) is 11.2 Å². The molecule has 0 radical (unpaired) electrons. The summed E-state index contributed by atoms with van der Waals surface area (Å²) in [6.45, 7) is 1.94. The van der Waals surface area contributed by atoms with Crippen LogP contribution >= 0.6 is 38.6 Å². The topological polar surface area (TPSA) is 33.2 Å². The van der Waals surface area contributed by atoms with Gasteiger partial charge in [-0.25, -0.2) is 4.98 Å². The van der Waals surface area contributed by atoms with Gasteiger partial charge in [0, 0.05) is 28.3 Å². The fourth-order valence-electron chi connectivity index (χ4n) is 3.80. The molecule has 3 heterocycles. The van der Waals surface area contributed by atoms with Crippen LogP contribution in [0.25, 0.3) is 9.88 Å². The predicted octanol–water partition coefficient (Wildman–Crippen LogP) is 4.83. The minimum atomic E-state index is 0.253. The van der Waals surface area contributed by atoms with E-state index in [1.54, 1.807) is 22.7 Å². The van der Waals surface area contributed by atoms with Crippen molar-refractivity contribution in [3.63, 3.8) is 0 Å². The number of carbonyl (C=O) groups is 1. The highest BCUT2D eigenvalue weighted by atomic mass is 79.9. The third-order valence-corrected chi connectivity index (χ3v) is 7.74. The third-order valence-electron chi connectivity index (χ3n) is 4.99. The number of hydrogen-bond acceptors (Lipinski definition) is 4. The molecule has 2 aliphatic rings. The fraction of sp³-hybridized carbons (Fsp3) is 0.529. The van der Waals surface area contributed by atoms with E-state index in [-0.39, 0.29) is 5.91 Å². The number of thiophene rings is 1. The summed E-state index contributed by atoms with van der Waals surface area (Å²) in [6, 6.07) is 2.08. The first-order valence-electron chi connectivity index (χ1n) is 8.15. The Morgan fingerprint density at radius 1 is 1.22 bits per heavy atom. The highest BCUT2D eigenvalue weighted by Crippen LogP contribution is 2.36. The van der Waals surface area contributed by atoms with Crippen molar-refractivity contribution in [2.24, 2.45) is 11.8 Å². The first-order valence-corrected chi connectivity index (χ1v) is 10.7. The van der Waals surface area contributed by atoms with Crippen LogP contribution < -0.4 is 0 Å². The van der Waals surface area contributed by atoms with Crippen LogP contribution in [0.4, 0.5) is 0 Å². The molecule has 0 aromatic carbocycles. The maximum Gasteiger partial charge on any atom is 0.228 e. The SMILES string of the molecule is O=C(Cc1csc(-c2cc(Br)cs2)n1)N1C[C@H]2CCCC[C@H]2C1. The molecule has 1 amide bonds. The van der Waals surface area contributed by atoms with Gasteiger partial charge in [-0.3, -0.25) is 4.79 Å². The van der Waals surface area contributed by atoms with Crippen molar-refractivity contribution in [2.45, 2.75) is 32.1 Å². The lowest BCUT2D eigenvalue weighted by Crippen LogP contribution is -2.30. The van der Waals surface area contributed by atoms with Gasteiger partial charge in [0.15, 0.2) is 0 Å². The van der Waals surface area contributed by atoms with Crippen molar-refractivity contribution >= 4 is 44.5 Å². The number of nitrogens with zero attached hydrogens (tertiary/aromatic N) is 2. The Balaban J connectivity index is 1.40. The zero-order valence-corrected chi connectivity index (χ0v) is 16.1. The Labute approximate surface area is 152 Å². The molecule has 2 aromatic heterocycles. The van der Waals surface area contributed by atoms with Gasteiger partial charge in [-0.1, -0.05) is 12.8 Å². The predicted molar refractivity (Wildman–Crippen MR) is 98.9 cm³/mol. The molecule has 0 spiro atoms. The largest absolute Gasteiger partial charge is 0.342 e. The number of aromatic nitrogens is 1. The van der Waals surface area contributed by atoms with E-state index in [0.717, 1.165) is 45.0 Å². The molecule has 3 nitrogen and oxygen atoms in total. The van der Waals surface area contributed by atoms with E-state index in [1.165, 1.54) is 25.7 Å². The van der Waals surface area contributed by atoms with Gasteiger partial charge < -0.3 is 4.90 Å². The monoisotopic (exact) mass is 410 g/mol. The number of carbonyl (C=O) groups excluding carboxylic acids is 1. The zero-order valence-electron chi connectivity index (χ0n) is 12.8. The lowest BCUT2D eigenvalue weighted by Gasteiger charge is -2.22. The summed E-state index contributed by atoms with van der Waals surface area (Å²) < 4.78 is 1.09. The van der Waals surface area contributed by atoms with Crippen molar-refractivity contribution in [2.75, 3.05) is 13.1 Å². The summed E-state index contributed by atoms with van der Waals surface area (Å²) in [5.74, 6) is 1.76. The van der Waals surface area contributed by atoms with Crippen LogP contribution in [0, 0.1) is 11.8 Å². The maximum atomic E-state index is 12.6. The molecule has 1 saturated heterocycles. The first-order chi connectivity index (χ1) is 11.2. The van der Waals surface area contributed by atoms with Crippen LogP contribution in [0.1, 0.15) is 31.4 Å². The highest BCUT2D eigenvalue weighted by molar-refractivity contribution is 9.10. The highest BCUT2D eigenvalue weighted by Gasteiger charge is 2.36. The van der Waals surface area contributed by atoms with E-state index in [9.17, 15) is 4.79 Å². The van der Waals surface area contributed by atoms with Gasteiger partial charge in [-0.15, -0.1) is 22.7 Å². The number of hydrogen-bond donors (Lipinski definition) is 0. The van der Waals surface area contributed by atoms with Crippen LogP contribution in [0.2, 0.25) is 0 Å². The lowest BCUT2D eigenvalue weighted by atomic mass is 9.82. The Hall–Kier alpha value is -0.720. The second-order valence-corrected chi connectivity index (χ2v) is 9.24. The molecule has 1 aliphatic heterocycles. The average Bonchev–Trinajstić information content (AvgIpc) is 3.25. The number of fused-ring (bicyclic) bond motifs is 1. The Morgan fingerprint density at radius 2 is 1.96 bits per heavy atom. The number of amides is 1. The van der Waals surface area contributed by atoms with Gasteiger partial charge >= 0.3 is 0 Å². The number of rotatable bonds is 3. The third kappa shape index (κ3) is 3.39. The molecule has 0 N–H and O–H groups in total. The Bertz CT molecular complexity index is 697. The van der Waals surface area contributed by atoms with Crippen molar-refractivity contribution < 1.29 is 4.79 Å². The summed E-state index contributed by atoms with van der Waals surface area (Å²) in [5, 5.41) is 5.11. The molecule has 4 rings (SSSR count). The van der Waals surface area contributed by atoms with E-state index in [0.29, 0.717) is 6.42 Å². The lowest BCUT2D eigenvalue weighted by molar-refractivity contribution is -0.129.